The minimum absolute atomic E-state index is 0.654. The fourth-order valence-corrected chi connectivity index (χ4v) is 2.29. The minimum atomic E-state index is 0.654. The zero-order valence-electron chi connectivity index (χ0n) is 10.6. The van der Waals surface area contributed by atoms with Crippen molar-refractivity contribution in [3.05, 3.63) is 34.4 Å². The molecule has 1 aromatic rings. The third-order valence-corrected chi connectivity index (χ3v) is 3.81. The van der Waals surface area contributed by atoms with Crippen molar-refractivity contribution in [1.29, 1.82) is 0 Å². The molecule has 16 heavy (non-hydrogen) atoms. The molecular formula is C14H22N2. The Morgan fingerprint density at radius 1 is 1.25 bits per heavy atom. The van der Waals surface area contributed by atoms with Gasteiger partial charge in [0.2, 0.25) is 0 Å². The van der Waals surface area contributed by atoms with Crippen LogP contribution in [0.15, 0.2) is 12.1 Å². The van der Waals surface area contributed by atoms with E-state index in [1.165, 1.54) is 28.7 Å². The SMILES string of the molecule is Cc1ccc(CNC2CCNC2)c(C)c1C. The first-order valence-electron chi connectivity index (χ1n) is 6.18. The highest BCUT2D eigenvalue weighted by molar-refractivity contribution is 5.38. The molecule has 2 heteroatoms. The van der Waals surface area contributed by atoms with E-state index in [1.54, 1.807) is 0 Å². The van der Waals surface area contributed by atoms with Gasteiger partial charge in [-0.15, -0.1) is 0 Å². The number of hydrogen-bond donors (Lipinski definition) is 2. The Bertz CT molecular complexity index is 365. The summed E-state index contributed by atoms with van der Waals surface area (Å²) in [5.41, 5.74) is 5.71. The molecule has 0 amide bonds. The summed E-state index contributed by atoms with van der Waals surface area (Å²) in [6.45, 7) is 9.89. The highest BCUT2D eigenvalue weighted by Crippen LogP contribution is 2.17. The second-order valence-electron chi connectivity index (χ2n) is 4.86. The number of rotatable bonds is 3. The fraction of sp³-hybridized carbons (Fsp3) is 0.571. The molecule has 88 valence electrons. The predicted molar refractivity (Wildman–Crippen MR) is 68.8 cm³/mol. The van der Waals surface area contributed by atoms with E-state index in [9.17, 15) is 0 Å². The molecule has 1 unspecified atom stereocenters. The van der Waals surface area contributed by atoms with E-state index >= 15 is 0 Å². The summed E-state index contributed by atoms with van der Waals surface area (Å²) in [5, 5.41) is 7.00. The van der Waals surface area contributed by atoms with Gasteiger partial charge in [0.25, 0.3) is 0 Å². The Balaban J connectivity index is 2.01. The van der Waals surface area contributed by atoms with Crippen LogP contribution in [0.3, 0.4) is 0 Å². The lowest BCUT2D eigenvalue weighted by atomic mass is 9.99. The standard InChI is InChI=1S/C14H22N2/c1-10-4-5-13(12(3)11(10)2)8-16-14-6-7-15-9-14/h4-5,14-16H,6-9H2,1-3H3. The molecule has 0 saturated carbocycles. The van der Waals surface area contributed by atoms with Crippen LogP contribution in [0.1, 0.15) is 28.7 Å². The van der Waals surface area contributed by atoms with Crippen LogP contribution in [0.25, 0.3) is 0 Å². The Labute approximate surface area is 98.4 Å². The molecule has 1 saturated heterocycles. The summed E-state index contributed by atoms with van der Waals surface area (Å²) >= 11 is 0. The zero-order chi connectivity index (χ0) is 11.5. The van der Waals surface area contributed by atoms with Crippen molar-refractivity contribution in [2.75, 3.05) is 13.1 Å². The maximum Gasteiger partial charge on any atom is 0.0211 e. The second-order valence-corrected chi connectivity index (χ2v) is 4.86. The highest BCUT2D eigenvalue weighted by Gasteiger charge is 2.13. The molecule has 1 aromatic carbocycles. The average molecular weight is 218 g/mol. The topological polar surface area (TPSA) is 24.1 Å². The average Bonchev–Trinajstić information content (AvgIpc) is 2.78. The summed E-state index contributed by atoms with van der Waals surface area (Å²) in [4.78, 5) is 0. The smallest absolute Gasteiger partial charge is 0.0211 e. The van der Waals surface area contributed by atoms with Crippen LogP contribution < -0.4 is 10.6 Å². The van der Waals surface area contributed by atoms with E-state index in [0.717, 1.165) is 19.6 Å². The number of aryl methyl sites for hydroxylation is 1. The molecule has 0 aromatic heterocycles. The monoisotopic (exact) mass is 218 g/mol. The fourth-order valence-electron chi connectivity index (χ4n) is 2.29. The van der Waals surface area contributed by atoms with Crippen LogP contribution >= 0.6 is 0 Å². The summed E-state index contributed by atoms with van der Waals surface area (Å²) in [6, 6.07) is 5.14. The van der Waals surface area contributed by atoms with Crippen molar-refractivity contribution in [2.24, 2.45) is 0 Å². The highest BCUT2D eigenvalue weighted by atomic mass is 15.0. The summed E-state index contributed by atoms with van der Waals surface area (Å²) < 4.78 is 0. The van der Waals surface area contributed by atoms with Crippen LogP contribution in [0.4, 0.5) is 0 Å². The molecule has 2 rings (SSSR count). The van der Waals surface area contributed by atoms with Crippen LogP contribution in [0, 0.1) is 20.8 Å². The summed E-state index contributed by atoms with van der Waals surface area (Å²) in [7, 11) is 0. The predicted octanol–water partition coefficient (Wildman–Crippen LogP) is 2.06. The van der Waals surface area contributed by atoms with Crippen molar-refractivity contribution in [2.45, 2.75) is 39.8 Å². The molecule has 2 nitrogen and oxygen atoms in total. The third kappa shape index (κ3) is 2.45. The van der Waals surface area contributed by atoms with Gasteiger partial charge in [-0.3, -0.25) is 0 Å². The van der Waals surface area contributed by atoms with Crippen molar-refractivity contribution in [3.63, 3.8) is 0 Å². The van der Waals surface area contributed by atoms with Crippen LogP contribution in [-0.2, 0) is 6.54 Å². The molecule has 1 aliphatic rings. The van der Waals surface area contributed by atoms with E-state index < -0.39 is 0 Å². The molecule has 1 atom stereocenters. The van der Waals surface area contributed by atoms with Gasteiger partial charge in [-0.1, -0.05) is 12.1 Å². The van der Waals surface area contributed by atoms with Crippen LogP contribution in [0.5, 0.6) is 0 Å². The van der Waals surface area contributed by atoms with Gasteiger partial charge in [-0.2, -0.15) is 0 Å². The van der Waals surface area contributed by atoms with E-state index in [0.29, 0.717) is 6.04 Å². The molecule has 1 aliphatic heterocycles. The second kappa shape index (κ2) is 4.98. The van der Waals surface area contributed by atoms with Crippen LogP contribution in [0.2, 0.25) is 0 Å². The molecule has 0 spiro atoms. The van der Waals surface area contributed by atoms with Gasteiger partial charge in [0.15, 0.2) is 0 Å². The maximum absolute atomic E-state index is 3.62. The van der Waals surface area contributed by atoms with E-state index in [-0.39, 0.29) is 0 Å². The normalized spacial score (nSPS) is 20.3. The van der Waals surface area contributed by atoms with Gasteiger partial charge in [0.05, 0.1) is 0 Å². The maximum atomic E-state index is 3.62. The van der Waals surface area contributed by atoms with Gasteiger partial charge in [-0.05, 0) is 56.0 Å². The van der Waals surface area contributed by atoms with E-state index in [2.05, 4.69) is 43.5 Å². The first kappa shape index (κ1) is 11.6. The van der Waals surface area contributed by atoms with Gasteiger partial charge >= 0.3 is 0 Å². The molecular weight excluding hydrogens is 196 g/mol. The first-order chi connectivity index (χ1) is 7.68. The van der Waals surface area contributed by atoms with Gasteiger partial charge in [0.1, 0.15) is 0 Å². The number of nitrogens with one attached hydrogen (secondary N) is 2. The van der Waals surface area contributed by atoms with Crippen molar-refractivity contribution < 1.29 is 0 Å². The quantitative estimate of drug-likeness (QED) is 0.811. The molecule has 1 fully saturated rings. The lowest BCUT2D eigenvalue weighted by Crippen LogP contribution is -2.30. The Hall–Kier alpha value is -0.860. The number of benzene rings is 1. The van der Waals surface area contributed by atoms with E-state index in [4.69, 9.17) is 0 Å². The first-order valence-corrected chi connectivity index (χ1v) is 6.18. The van der Waals surface area contributed by atoms with E-state index in [1.807, 2.05) is 0 Å². The molecule has 1 heterocycles. The molecule has 2 N–H and O–H groups in total. The van der Waals surface area contributed by atoms with Crippen molar-refractivity contribution >= 4 is 0 Å². The Kier molecular flexibility index (Phi) is 3.62. The third-order valence-electron chi connectivity index (χ3n) is 3.81. The summed E-state index contributed by atoms with van der Waals surface area (Å²) in [5.74, 6) is 0. The summed E-state index contributed by atoms with van der Waals surface area (Å²) in [6.07, 6.45) is 1.25. The zero-order valence-corrected chi connectivity index (χ0v) is 10.6. The molecule has 0 radical (unpaired) electrons. The van der Waals surface area contributed by atoms with Gasteiger partial charge in [0, 0.05) is 19.1 Å². The largest absolute Gasteiger partial charge is 0.315 e. The van der Waals surface area contributed by atoms with Crippen molar-refractivity contribution in [3.8, 4) is 0 Å². The molecule has 0 aliphatic carbocycles. The minimum Gasteiger partial charge on any atom is -0.315 e. The lowest BCUT2D eigenvalue weighted by molar-refractivity contribution is 0.546. The van der Waals surface area contributed by atoms with Gasteiger partial charge in [-0.25, -0.2) is 0 Å². The molecule has 0 bridgehead atoms. The lowest BCUT2D eigenvalue weighted by Gasteiger charge is -2.15. The Morgan fingerprint density at radius 2 is 2.06 bits per heavy atom. The van der Waals surface area contributed by atoms with Crippen molar-refractivity contribution in [1.82, 2.24) is 10.6 Å². The Morgan fingerprint density at radius 3 is 2.75 bits per heavy atom. The number of hydrogen-bond acceptors (Lipinski definition) is 2. The van der Waals surface area contributed by atoms with Gasteiger partial charge < -0.3 is 10.6 Å². The van der Waals surface area contributed by atoms with Crippen LogP contribution in [-0.4, -0.2) is 19.1 Å².